The minimum absolute atomic E-state index is 0.00831. The Morgan fingerprint density at radius 3 is 2.82 bits per heavy atom. The number of carbonyl (C=O) groups is 2. The lowest BCUT2D eigenvalue weighted by Crippen LogP contribution is -2.43. The van der Waals surface area contributed by atoms with Gasteiger partial charge in [0.1, 0.15) is 17.1 Å². The molecule has 0 saturated carbocycles. The number of ether oxygens (including phenoxy) is 1. The van der Waals surface area contributed by atoms with E-state index in [0.29, 0.717) is 37.2 Å². The number of ketones is 1. The van der Waals surface area contributed by atoms with Crippen molar-refractivity contribution < 1.29 is 19.4 Å². The van der Waals surface area contributed by atoms with Crippen molar-refractivity contribution in [3.8, 4) is 11.5 Å². The summed E-state index contributed by atoms with van der Waals surface area (Å²) in [6, 6.07) is 12.2. The second-order valence-corrected chi connectivity index (χ2v) is 7.99. The number of benzene rings is 2. The zero-order valence-corrected chi connectivity index (χ0v) is 16.2. The zero-order chi connectivity index (χ0) is 19.7. The van der Waals surface area contributed by atoms with Gasteiger partial charge in [0, 0.05) is 19.5 Å². The van der Waals surface area contributed by atoms with Crippen LogP contribution in [0.3, 0.4) is 0 Å². The van der Waals surface area contributed by atoms with Crippen LogP contribution in [0.1, 0.15) is 41.6 Å². The summed E-state index contributed by atoms with van der Waals surface area (Å²) in [5, 5.41) is 9.77. The van der Waals surface area contributed by atoms with Crippen molar-refractivity contribution in [2.75, 3.05) is 13.1 Å². The van der Waals surface area contributed by atoms with Crippen molar-refractivity contribution >= 4 is 23.3 Å². The van der Waals surface area contributed by atoms with Crippen LogP contribution < -0.4 is 4.74 Å². The highest BCUT2D eigenvalue weighted by Crippen LogP contribution is 2.39. The molecule has 0 aliphatic carbocycles. The van der Waals surface area contributed by atoms with E-state index in [2.05, 4.69) is 0 Å². The number of nitrogens with zero attached hydrogens (tertiary/aromatic N) is 1. The van der Waals surface area contributed by atoms with Crippen LogP contribution in [0.25, 0.3) is 0 Å². The van der Waals surface area contributed by atoms with E-state index in [1.54, 1.807) is 18.2 Å². The summed E-state index contributed by atoms with van der Waals surface area (Å²) in [6.45, 7) is 1.20. The van der Waals surface area contributed by atoms with Gasteiger partial charge in [-0.25, -0.2) is 0 Å². The van der Waals surface area contributed by atoms with E-state index < -0.39 is 5.60 Å². The van der Waals surface area contributed by atoms with Gasteiger partial charge in [-0.2, -0.15) is 0 Å². The number of rotatable bonds is 2. The minimum Gasteiger partial charge on any atom is -0.506 e. The molecule has 5 nitrogen and oxygen atoms in total. The molecule has 1 fully saturated rings. The van der Waals surface area contributed by atoms with Gasteiger partial charge in [0.15, 0.2) is 5.78 Å². The van der Waals surface area contributed by atoms with E-state index in [1.807, 2.05) is 23.1 Å². The molecule has 0 bridgehead atoms. The highest BCUT2D eigenvalue weighted by Gasteiger charge is 2.41. The normalized spacial score (nSPS) is 21.8. The molecule has 4 rings (SSSR count). The fourth-order valence-electron chi connectivity index (χ4n) is 4.09. The lowest BCUT2D eigenvalue weighted by atomic mass is 9.84. The summed E-state index contributed by atoms with van der Waals surface area (Å²) in [4.78, 5) is 27.2. The van der Waals surface area contributed by atoms with E-state index in [9.17, 15) is 14.7 Å². The minimum atomic E-state index is -0.525. The quantitative estimate of drug-likeness (QED) is 0.828. The van der Waals surface area contributed by atoms with Gasteiger partial charge >= 0.3 is 0 Å². The maximum absolute atomic E-state index is 12.8. The van der Waals surface area contributed by atoms with Crippen LogP contribution in [0, 0.1) is 0 Å². The number of aromatic hydroxyl groups is 1. The second-order valence-electron chi connectivity index (χ2n) is 7.58. The number of hydrogen-bond donors (Lipinski definition) is 1. The van der Waals surface area contributed by atoms with E-state index in [0.717, 1.165) is 18.4 Å². The van der Waals surface area contributed by atoms with Crippen LogP contribution in [-0.2, 0) is 11.2 Å². The largest absolute Gasteiger partial charge is 0.506 e. The van der Waals surface area contributed by atoms with Crippen molar-refractivity contribution in [1.29, 1.82) is 0 Å². The van der Waals surface area contributed by atoms with Crippen molar-refractivity contribution in [2.24, 2.45) is 0 Å². The number of fused-ring (bicyclic) bond motifs is 1. The van der Waals surface area contributed by atoms with Gasteiger partial charge in [0.2, 0.25) is 5.91 Å². The van der Waals surface area contributed by atoms with Crippen molar-refractivity contribution in [3.63, 3.8) is 0 Å². The van der Waals surface area contributed by atoms with E-state index >= 15 is 0 Å². The third kappa shape index (κ3) is 3.72. The van der Waals surface area contributed by atoms with Crippen LogP contribution in [-0.4, -0.2) is 40.4 Å². The Labute approximate surface area is 168 Å². The first-order valence-corrected chi connectivity index (χ1v) is 9.90. The van der Waals surface area contributed by atoms with Gasteiger partial charge in [-0.05, 0) is 42.7 Å². The van der Waals surface area contributed by atoms with E-state index in [-0.39, 0.29) is 28.9 Å². The first-order valence-electron chi connectivity index (χ1n) is 9.52. The molecule has 1 saturated heterocycles. The highest BCUT2D eigenvalue weighted by atomic mass is 35.5. The number of halogens is 1. The molecule has 1 N–H and O–H groups in total. The van der Waals surface area contributed by atoms with Gasteiger partial charge in [0.05, 0.1) is 23.4 Å². The predicted octanol–water partition coefficient (Wildman–Crippen LogP) is 4.00. The summed E-state index contributed by atoms with van der Waals surface area (Å²) in [6.07, 6.45) is 2.77. The maximum Gasteiger partial charge on any atom is 0.226 e. The Bertz CT molecular complexity index is 929. The lowest BCUT2D eigenvalue weighted by molar-refractivity contribution is -0.130. The molecular weight excluding hydrogens is 378 g/mol. The number of phenols is 1. The van der Waals surface area contributed by atoms with Crippen LogP contribution in [0.4, 0.5) is 0 Å². The molecule has 2 aliphatic rings. The fourth-order valence-corrected chi connectivity index (χ4v) is 4.29. The molecule has 146 valence electrons. The Balaban J connectivity index is 1.44. The standard InChI is InChI=1S/C22H22ClNO4/c23-17-12-15(6-7-18(17)25)13-21(27)24-10-3-8-22(9-11-24)14-19(26)16-4-1-2-5-20(16)28-22/h1-2,4-7,12,25H,3,8-11,13-14H2. The van der Waals surface area contributed by atoms with Crippen LogP contribution in [0.2, 0.25) is 5.02 Å². The predicted molar refractivity (Wildman–Crippen MR) is 106 cm³/mol. The zero-order valence-electron chi connectivity index (χ0n) is 15.5. The second kappa shape index (κ2) is 7.47. The molecule has 1 spiro atoms. The number of carbonyl (C=O) groups excluding carboxylic acids is 2. The van der Waals surface area contributed by atoms with Crippen molar-refractivity contribution in [1.82, 2.24) is 4.90 Å². The third-order valence-corrected chi connectivity index (χ3v) is 5.92. The van der Waals surface area contributed by atoms with Gasteiger partial charge in [-0.1, -0.05) is 29.8 Å². The van der Waals surface area contributed by atoms with Gasteiger partial charge in [-0.3, -0.25) is 9.59 Å². The number of phenolic OH excluding ortho intramolecular Hbond substituents is 1. The average Bonchev–Trinajstić information content (AvgIpc) is 2.87. The highest BCUT2D eigenvalue weighted by molar-refractivity contribution is 6.32. The number of likely N-dealkylation sites (tertiary alicyclic amines) is 1. The SMILES string of the molecule is O=C1CC2(CCCN(C(=O)Cc3ccc(O)c(Cl)c3)CC2)Oc2ccccc21. The Morgan fingerprint density at radius 1 is 1.18 bits per heavy atom. The Morgan fingerprint density at radius 2 is 2.00 bits per heavy atom. The first-order chi connectivity index (χ1) is 13.5. The van der Waals surface area contributed by atoms with E-state index in [4.69, 9.17) is 16.3 Å². The molecule has 6 heteroatoms. The summed E-state index contributed by atoms with van der Waals surface area (Å²) in [5.74, 6) is 0.785. The summed E-state index contributed by atoms with van der Waals surface area (Å²) in [5.41, 5.74) is 0.891. The molecule has 1 atom stereocenters. The van der Waals surface area contributed by atoms with Gasteiger partial charge < -0.3 is 14.7 Å². The molecular formula is C22H22ClNO4. The third-order valence-electron chi connectivity index (χ3n) is 5.61. The first kappa shape index (κ1) is 18.8. The summed E-state index contributed by atoms with van der Waals surface area (Å²) >= 11 is 5.94. The summed E-state index contributed by atoms with van der Waals surface area (Å²) < 4.78 is 6.28. The van der Waals surface area contributed by atoms with Crippen LogP contribution >= 0.6 is 11.6 Å². The number of amides is 1. The molecule has 2 aromatic carbocycles. The lowest BCUT2D eigenvalue weighted by Gasteiger charge is -2.37. The molecule has 0 aromatic heterocycles. The van der Waals surface area contributed by atoms with E-state index in [1.165, 1.54) is 6.07 Å². The monoisotopic (exact) mass is 399 g/mol. The molecule has 1 amide bonds. The topological polar surface area (TPSA) is 66.8 Å². The maximum atomic E-state index is 12.8. The van der Waals surface area contributed by atoms with Crippen molar-refractivity contribution in [3.05, 3.63) is 58.6 Å². The molecule has 0 radical (unpaired) electrons. The van der Waals surface area contributed by atoms with Crippen LogP contribution in [0.5, 0.6) is 11.5 Å². The van der Waals surface area contributed by atoms with Gasteiger partial charge in [-0.15, -0.1) is 0 Å². The molecule has 2 heterocycles. The Kier molecular flexibility index (Phi) is 5.02. The average molecular weight is 400 g/mol. The fraction of sp³-hybridized carbons (Fsp3) is 0.364. The number of para-hydroxylation sites is 1. The smallest absolute Gasteiger partial charge is 0.226 e. The molecule has 1 unspecified atom stereocenters. The Hall–Kier alpha value is -2.53. The number of Topliss-reactive ketones (excluding diaryl/α,β-unsaturated/α-hetero) is 1. The van der Waals surface area contributed by atoms with Crippen molar-refractivity contribution in [2.45, 2.75) is 37.7 Å². The molecule has 2 aliphatic heterocycles. The van der Waals surface area contributed by atoms with Crippen LogP contribution in [0.15, 0.2) is 42.5 Å². The molecule has 28 heavy (non-hydrogen) atoms. The van der Waals surface area contributed by atoms with Gasteiger partial charge in [0.25, 0.3) is 0 Å². The number of hydrogen-bond acceptors (Lipinski definition) is 4. The summed E-state index contributed by atoms with van der Waals surface area (Å²) in [7, 11) is 0. The molecule has 2 aromatic rings.